The molecule has 2 rings (SSSR count). The first kappa shape index (κ1) is 22.0. The quantitative estimate of drug-likeness (QED) is 0.280. The predicted molar refractivity (Wildman–Crippen MR) is 110 cm³/mol. The van der Waals surface area contributed by atoms with E-state index in [1.807, 2.05) is 6.92 Å². The summed E-state index contributed by atoms with van der Waals surface area (Å²) in [6.45, 7) is 1.89. The third kappa shape index (κ3) is 6.96. The molecule has 0 bridgehead atoms. The van der Waals surface area contributed by atoms with Crippen molar-refractivity contribution < 1.29 is 18.3 Å². The molecule has 0 atom stereocenters. The summed E-state index contributed by atoms with van der Waals surface area (Å²) in [5.74, 6) is -0.241. The molecule has 0 unspecified atom stereocenters. The fourth-order valence-electron chi connectivity index (χ4n) is 2.38. The Hall–Kier alpha value is -3.34. The smallest absolute Gasteiger partial charge is 0.269 e. The van der Waals surface area contributed by atoms with Crippen LogP contribution in [0.5, 0.6) is 0 Å². The zero-order chi connectivity index (χ0) is 21.4. The van der Waals surface area contributed by atoms with Gasteiger partial charge in [0.15, 0.2) is 9.84 Å². The molecule has 154 valence electrons. The third-order valence-electron chi connectivity index (χ3n) is 3.86. The third-order valence-corrected chi connectivity index (χ3v) is 5.48. The Morgan fingerprint density at radius 3 is 1.97 bits per heavy atom. The van der Waals surface area contributed by atoms with E-state index < -0.39 is 19.7 Å². The number of hydrogen-bond acceptors (Lipinski definition) is 7. The lowest BCUT2D eigenvalue weighted by atomic mass is 10.3. The van der Waals surface area contributed by atoms with Gasteiger partial charge in [-0.1, -0.05) is 13.3 Å². The summed E-state index contributed by atoms with van der Waals surface area (Å²) in [6, 6.07) is 10.8. The van der Waals surface area contributed by atoms with Crippen molar-refractivity contribution in [3.05, 3.63) is 68.8 Å². The summed E-state index contributed by atoms with van der Waals surface area (Å²) < 4.78 is 24.7. The Bertz CT molecular complexity index is 1000. The number of non-ortho nitro benzene ring substituents is 2. The molecule has 29 heavy (non-hydrogen) atoms. The highest BCUT2D eigenvalue weighted by Crippen LogP contribution is 2.20. The molecule has 2 aromatic carbocycles. The molecule has 0 saturated heterocycles. The van der Waals surface area contributed by atoms with Gasteiger partial charge in [0.2, 0.25) is 0 Å². The van der Waals surface area contributed by atoms with Crippen molar-refractivity contribution in [2.75, 3.05) is 16.8 Å². The summed E-state index contributed by atoms with van der Waals surface area (Å²) in [7, 11) is -3.44. The Labute approximate surface area is 167 Å². The Kier molecular flexibility index (Phi) is 7.37. The van der Waals surface area contributed by atoms with Crippen LogP contribution in [0.1, 0.15) is 19.8 Å². The van der Waals surface area contributed by atoms with E-state index in [4.69, 9.17) is 0 Å². The summed E-state index contributed by atoms with van der Waals surface area (Å²) in [4.78, 5) is 24.7. The van der Waals surface area contributed by atoms with Crippen molar-refractivity contribution in [2.24, 2.45) is 4.99 Å². The van der Waals surface area contributed by atoms with Gasteiger partial charge in [-0.25, -0.2) is 13.4 Å². The van der Waals surface area contributed by atoms with Gasteiger partial charge in [0.25, 0.3) is 11.4 Å². The van der Waals surface area contributed by atoms with Gasteiger partial charge >= 0.3 is 0 Å². The summed E-state index contributed by atoms with van der Waals surface area (Å²) >= 11 is 0. The maximum atomic E-state index is 12.4. The number of unbranched alkanes of at least 4 members (excludes halogenated alkanes) is 1. The molecule has 0 aliphatic carbocycles. The zero-order valence-electron chi connectivity index (χ0n) is 15.6. The Morgan fingerprint density at radius 1 is 0.966 bits per heavy atom. The van der Waals surface area contributed by atoms with Crippen LogP contribution >= 0.6 is 0 Å². The van der Waals surface area contributed by atoms with Crippen molar-refractivity contribution in [1.82, 2.24) is 0 Å². The number of nitro benzene ring substituents is 2. The van der Waals surface area contributed by atoms with Crippen LogP contribution in [-0.2, 0) is 9.84 Å². The standard InChI is InChI=1S/C18H20N4O6S/c1-2-3-12-29(27,28)13-18(19-14-4-8-16(9-5-14)21(23)24)20-15-6-10-17(11-7-15)22(25)26/h4-11H,2-3,12-13H2,1H3,(H,19,20). The molecule has 0 spiro atoms. The van der Waals surface area contributed by atoms with E-state index in [1.54, 1.807) is 0 Å². The van der Waals surface area contributed by atoms with Gasteiger partial charge in [0, 0.05) is 30.0 Å². The molecule has 10 nitrogen and oxygen atoms in total. The highest BCUT2D eigenvalue weighted by Gasteiger charge is 2.16. The van der Waals surface area contributed by atoms with Crippen LogP contribution in [0.4, 0.5) is 22.7 Å². The lowest BCUT2D eigenvalue weighted by molar-refractivity contribution is -0.385. The molecule has 1 N–H and O–H groups in total. The molecule has 0 amide bonds. The molecule has 0 radical (unpaired) electrons. The van der Waals surface area contributed by atoms with Gasteiger partial charge in [-0.05, 0) is 30.7 Å². The number of nitrogens with one attached hydrogen (secondary N) is 1. The Morgan fingerprint density at radius 2 is 1.48 bits per heavy atom. The maximum absolute atomic E-state index is 12.4. The first-order chi connectivity index (χ1) is 13.7. The van der Waals surface area contributed by atoms with Crippen LogP contribution in [0.3, 0.4) is 0 Å². The van der Waals surface area contributed by atoms with Crippen LogP contribution in [0.25, 0.3) is 0 Å². The number of sulfone groups is 1. The van der Waals surface area contributed by atoms with Crippen molar-refractivity contribution >= 4 is 38.4 Å². The molecule has 11 heteroatoms. The minimum absolute atomic E-state index is 0.00469. The van der Waals surface area contributed by atoms with Gasteiger partial charge in [0.1, 0.15) is 11.6 Å². The van der Waals surface area contributed by atoms with E-state index in [0.29, 0.717) is 17.8 Å². The normalized spacial score (nSPS) is 11.8. The number of rotatable bonds is 9. The van der Waals surface area contributed by atoms with E-state index >= 15 is 0 Å². The van der Waals surface area contributed by atoms with Crippen LogP contribution in [0.15, 0.2) is 53.5 Å². The van der Waals surface area contributed by atoms with E-state index in [9.17, 15) is 28.6 Å². The molecule has 0 aliphatic heterocycles. The predicted octanol–water partition coefficient (Wildman–Crippen LogP) is 3.86. The van der Waals surface area contributed by atoms with Crippen LogP contribution in [0, 0.1) is 20.2 Å². The van der Waals surface area contributed by atoms with Crippen molar-refractivity contribution in [3.8, 4) is 0 Å². The lowest BCUT2D eigenvalue weighted by Gasteiger charge is -2.11. The van der Waals surface area contributed by atoms with Crippen LogP contribution < -0.4 is 5.32 Å². The van der Waals surface area contributed by atoms with Crippen molar-refractivity contribution in [3.63, 3.8) is 0 Å². The second-order valence-electron chi connectivity index (χ2n) is 6.21. The number of nitro groups is 2. The second kappa shape index (κ2) is 9.73. The van der Waals surface area contributed by atoms with E-state index in [-0.39, 0.29) is 28.7 Å². The average molecular weight is 420 g/mol. The molecule has 0 aliphatic rings. The highest BCUT2D eigenvalue weighted by atomic mass is 32.2. The van der Waals surface area contributed by atoms with Gasteiger partial charge in [-0.2, -0.15) is 0 Å². The lowest BCUT2D eigenvalue weighted by Crippen LogP contribution is -2.25. The topological polar surface area (TPSA) is 145 Å². The summed E-state index contributed by atoms with van der Waals surface area (Å²) in [5, 5.41) is 24.4. The summed E-state index contributed by atoms with van der Waals surface area (Å²) in [6.07, 6.45) is 1.24. The molecule has 2 aromatic rings. The van der Waals surface area contributed by atoms with Crippen molar-refractivity contribution in [1.29, 1.82) is 0 Å². The number of benzene rings is 2. The number of amidine groups is 1. The maximum Gasteiger partial charge on any atom is 0.269 e. The van der Waals surface area contributed by atoms with Gasteiger partial charge in [-0.15, -0.1) is 0 Å². The van der Waals surface area contributed by atoms with E-state index in [0.717, 1.165) is 6.42 Å². The van der Waals surface area contributed by atoms with Gasteiger partial charge < -0.3 is 5.32 Å². The summed E-state index contributed by atoms with van der Waals surface area (Å²) in [5.41, 5.74) is 0.567. The minimum Gasteiger partial charge on any atom is -0.343 e. The second-order valence-corrected chi connectivity index (χ2v) is 8.39. The van der Waals surface area contributed by atoms with Gasteiger partial charge in [-0.3, -0.25) is 20.2 Å². The molecule has 0 heterocycles. The number of aliphatic imine (C=N–C) groups is 1. The average Bonchev–Trinajstić information content (AvgIpc) is 2.67. The van der Waals surface area contributed by atoms with Crippen molar-refractivity contribution in [2.45, 2.75) is 19.8 Å². The molecule has 0 saturated carbocycles. The van der Waals surface area contributed by atoms with E-state index in [1.165, 1.54) is 48.5 Å². The molecule has 0 fully saturated rings. The first-order valence-electron chi connectivity index (χ1n) is 8.74. The van der Waals surface area contributed by atoms with Crippen LogP contribution in [-0.4, -0.2) is 35.6 Å². The Balaban J connectivity index is 2.31. The van der Waals surface area contributed by atoms with Crippen LogP contribution in [0.2, 0.25) is 0 Å². The highest BCUT2D eigenvalue weighted by molar-refractivity contribution is 7.92. The number of hydrogen-bond donors (Lipinski definition) is 1. The minimum atomic E-state index is -3.44. The zero-order valence-corrected chi connectivity index (χ0v) is 16.5. The number of nitrogens with zero attached hydrogens (tertiary/aromatic N) is 3. The first-order valence-corrected chi connectivity index (χ1v) is 10.6. The molecular formula is C18H20N4O6S. The monoisotopic (exact) mass is 420 g/mol. The van der Waals surface area contributed by atoms with E-state index in [2.05, 4.69) is 10.3 Å². The largest absolute Gasteiger partial charge is 0.343 e. The molecular weight excluding hydrogens is 400 g/mol. The number of anilines is 1. The fraction of sp³-hybridized carbons (Fsp3) is 0.278. The van der Waals surface area contributed by atoms with Gasteiger partial charge in [0.05, 0.1) is 21.3 Å². The fourth-order valence-corrected chi connectivity index (χ4v) is 3.81. The SMILES string of the molecule is CCCCS(=O)(=O)CC(=Nc1ccc([N+](=O)[O-])cc1)Nc1ccc([N+](=O)[O-])cc1. The molecule has 0 aromatic heterocycles.